The van der Waals surface area contributed by atoms with E-state index in [4.69, 9.17) is 14.2 Å². The van der Waals surface area contributed by atoms with Crippen LogP contribution in [0.3, 0.4) is 0 Å². The Labute approximate surface area is 164 Å². The van der Waals surface area contributed by atoms with Crippen molar-refractivity contribution in [2.24, 2.45) is 5.10 Å². The SMILES string of the molecule is Cc1cc(N2COC(OC(C)(C)C)=N2)ccc1NC(=O)OCc1ccccc1. The third-order valence-electron chi connectivity index (χ3n) is 3.86. The predicted octanol–water partition coefficient (Wildman–Crippen LogP) is 4.62. The van der Waals surface area contributed by atoms with Crippen molar-refractivity contribution in [1.82, 2.24) is 0 Å². The van der Waals surface area contributed by atoms with Gasteiger partial charge in [-0.05, 0) is 57.0 Å². The minimum absolute atomic E-state index is 0.222. The van der Waals surface area contributed by atoms with E-state index >= 15 is 0 Å². The highest BCUT2D eigenvalue weighted by Crippen LogP contribution is 2.25. The fraction of sp³-hybridized carbons (Fsp3) is 0.333. The smallest absolute Gasteiger partial charge is 0.411 e. The van der Waals surface area contributed by atoms with Crippen LogP contribution >= 0.6 is 0 Å². The molecule has 0 saturated heterocycles. The second-order valence-electron chi connectivity index (χ2n) is 7.44. The molecule has 0 unspecified atom stereocenters. The van der Waals surface area contributed by atoms with Crippen LogP contribution in [-0.2, 0) is 20.8 Å². The summed E-state index contributed by atoms with van der Waals surface area (Å²) in [6.07, 6.45) is -0.250. The van der Waals surface area contributed by atoms with Gasteiger partial charge in [-0.15, -0.1) is 0 Å². The van der Waals surface area contributed by atoms with Crippen molar-refractivity contribution >= 4 is 23.6 Å². The molecule has 1 aliphatic heterocycles. The molecule has 0 fully saturated rings. The summed E-state index contributed by atoms with van der Waals surface area (Å²) in [7, 11) is 0. The second-order valence-corrected chi connectivity index (χ2v) is 7.44. The molecule has 7 heteroatoms. The fourth-order valence-electron chi connectivity index (χ4n) is 2.53. The average Bonchev–Trinajstić information content (AvgIpc) is 3.09. The summed E-state index contributed by atoms with van der Waals surface area (Å²) >= 11 is 0. The first kappa shape index (κ1) is 19.5. The summed E-state index contributed by atoms with van der Waals surface area (Å²) in [6, 6.07) is 15.1. The Morgan fingerprint density at radius 3 is 2.64 bits per heavy atom. The third kappa shape index (κ3) is 5.39. The summed E-state index contributed by atoms with van der Waals surface area (Å²) in [5.74, 6) is 0. The van der Waals surface area contributed by atoms with E-state index in [-0.39, 0.29) is 25.0 Å². The largest absolute Gasteiger partial charge is 0.444 e. The molecule has 28 heavy (non-hydrogen) atoms. The Kier molecular flexibility index (Phi) is 5.73. The van der Waals surface area contributed by atoms with Gasteiger partial charge < -0.3 is 14.2 Å². The molecular weight excluding hydrogens is 358 g/mol. The van der Waals surface area contributed by atoms with Gasteiger partial charge in [0.05, 0.1) is 5.69 Å². The molecule has 0 saturated carbocycles. The Hall–Kier alpha value is -3.22. The molecule has 0 atom stereocenters. The van der Waals surface area contributed by atoms with Crippen molar-refractivity contribution in [3.8, 4) is 0 Å². The van der Waals surface area contributed by atoms with Crippen LogP contribution in [0.2, 0.25) is 0 Å². The highest BCUT2D eigenvalue weighted by molar-refractivity contribution is 5.86. The molecule has 1 heterocycles. The fourth-order valence-corrected chi connectivity index (χ4v) is 2.53. The molecule has 2 aromatic carbocycles. The molecule has 7 nitrogen and oxygen atoms in total. The van der Waals surface area contributed by atoms with Gasteiger partial charge >= 0.3 is 12.2 Å². The van der Waals surface area contributed by atoms with Gasteiger partial charge in [0.1, 0.15) is 12.2 Å². The monoisotopic (exact) mass is 383 g/mol. The maximum atomic E-state index is 12.1. The highest BCUT2D eigenvalue weighted by Gasteiger charge is 2.24. The van der Waals surface area contributed by atoms with Gasteiger partial charge in [0.25, 0.3) is 0 Å². The van der Waals surface area contributed by atoms with E-state index in [1.54, 1.807) is 5.01 Å². The molecule has 1 amide bonds. The molecule has 0 aliphatic carbocycles. The molecule has 2 aromatic rings. The minimum atomic E-state index is -0.497. The summed E-state index contributed by atoms with van der Waals surface area (Å²) < 4.78 is 16.4. The van der Waals surface area contributed by atoms with Gasteiger partial charge in [-0.2, -0.15) is 0 Å². The molecule has 0 spiro atoms. The number of carbonyl (C=O) groups excluding carboxylic acids is 1. The van der Waals surface area contributed by atoms with Gasteiger partial charge in [-0.1, -0.05) is 35.4 Å². The van der Waals surface area contributed by atoms with E-state index in [0.29, 0.717) is 5.69 Å². The quantitative estimate of drug-likeness (QED) is 0.834. The molecule has 0 radical (unpaired) electrons. The van der Waals surface area contributed by atoms with Crippen LogP contribution in [0.25, 0.3) is 0 Å². The Morgan fingerprint density at radius 1 is 1.21 bits per heavy atom. The maximum absolute atomic E-state index is 12.1. The lowest BCUT2D eigenvalue weighted by atomic mass is 10.2. The van der Waals surface area contributed by atoms with Crippen LogP contribution in [0.1, 0.15) is 31.9 Å². The Morgan fingerprint density at radius 2 is 1.96 bits per heavy atom. The van der Waals surface area contributed by atoms with Crippen molar-refractivity contribution in [2.45, 2.75) is 39.9 Å². The lowest BCUT2D eigenvalue weighted by Crippen LogP contribution is -2.23. The molecular formula is C21H25N3O4. The van der Waals surface area contributed by atoms with Crippen LogP contribution in [0, 0.1) is 6.92 Å². The average molecular weight is 383 g/mol. The molecule has 3 rings (SSSR count). The lowest BCUT2D eigenvalue weighted by molar-refractivity contribution is 0.0686. The number of hydrazone groups is 1. The number of anilines is 2. The Bertz CT molecular complexity index is 860. The van der Waals surface area contributed by atoms with Gasteiger partial charge in [0, 0.05) is 5.69 Å². The number of nitrogens with one attached hydrogen (secondary N) is 1. The number of benzene rings is 2. The number of rotatable bonds is 4. The van der Waals surface area contributed by atoms with Crippen molar-refractivity contribution < 1.29 is 19.0 Å². The Balaban J connectivity index is 1.59. The number of carbonyl (C=O) groups is 1. The maximum Gasteiger partial charge on any atom is 0.411 e. The van der Waals surface area contributed by atoms with E-state index in [1.807, 2.05) is 76.2 Å². The topological polar surface area (TPSA) is 72.4 Å². The van der Waals surface area contributed by atoms with E-state index in [2.05, 4.69) is 10.4 Å². The first-order valence-corrected chi connectivity index (χ1v) is 9.06. The molecule has 1 aliphatic rings. The first-order valence-electron chi connectivity index (χ1n) is 9.06. The third-order valence-corrected chi connectivity index (χ3v) is 3.86. The number of nitrogens with zero attached hydrogens (tertiary/aromatic N) is 2. The molecule has 0 aromatic heterocycles. The van der Waals surface area contributed by atoms with E-state index in [1.165, 1.54) is 0 Å². The highest BCUT2D eigenvalue weighted by atomic mass is 16.7. The normalized spacial score (nSPS) is 13.6. The zero-order valence-corrected chi connectivity index (χ0v) is 16.6. The van der Waals surface area contributed by atoms with Gasteiger partial charge in [0.2, 0.25) is 0 Å². The standard InChI is InChI=1S/C21H25N3O4/c1-15-12-17(24-14-27-20(23-24)28-21(2,3)4)10-11-18(15)22-19(25)26-13-16-8-6-5-7-9-16/h5-12H,13-14H2,1-4H3,(H,22,25). The number of hydrogen-bond acceptors (Lipinski definition) is 6. The van der Waals surface area contributed by atoms with Crippen LogP contribution in [0.15, 0.2) is 53.6 Å². The van der Waals surface area contributed by atoms with Crippen molar-refractivity contribution in [1.29, 1.82) is 0 Å². The van der Waals surface area contributed by atoms with Crippen LogP contribution in [0.5, 0.6) is 0 Å². The zero-order valence-electron chi connectivity index (χ0n) is 16.6. The van der Waals surface area contributed by atoms with Gasteiger partial charge in [-0.25, -0.2) is 9.80 Å². The lowest BCUT2D eigenvalue weighted by Gasteiger charge is -2.18. The van der Waals surface area contributed by atoms with E-state index < -0.39 is 6.09 Å². The molecule has 148 valence electrons. The van der Waals surface area contributed by atoms with Crippen LogP contribution in [-0.4, -0.2) is 24.5 Å². The summed E-state index contributed by atoms with van der Waals surface area (Å²) in [4.78, 5) is 12.1. The summed E-state index contributed by atoms with van der Waals surface area (Å²) in [6.45, 7) is 8.20. The number of ether oxygens (including phenoxy) is 3. The van der Waals surface area contributed by atoms with Crippen molar-refractivity contribution in [3.05, 3.63) is 59.7 Å². The number of hydrogen-bond donors (Lipinski definition) is 1. The van der Waals surface area contributed by atoms with Crippen LogP contribution < -0.4 is 10.3 Å². The van der Waals surface area contributed by atoms with Gasteiger partial charge in [0.15, 0.2) is 6.73 Å². The van der Waals surface area contributed by atoms with Crippen LogP contribution in [0.4, 0.5) is 16.2 Å². The van der Waals surface area contributed by atoms with Crippen molar-refractivity contribution in [3.63, 3.8) is 0 Å². The van der Waals surface area contributed by atoms with E-state index in [9.17, 15) is 4.79 Å². The van der Waals surface area contributed by atoms with Crippen molar-refractivity contribution in [2.75, 3.05) is 17.1 Å². The minimum Gasteiger partial charge on any atom is -0.444 e. The van der Waals surface area contributed by atoms with E-state index in [0.717, 1.165) is 16.8 Å². The van der Waals surface area contributed by atoms with Gasteiger partial charge in [-0.3, -0.25) is 5.32 Å². The molecule has 0 bridgehead atoms. The number of amides is 1. The number of aryl methyl sites for hydroxylation is 1. The predicted molar refractivity (Wildman–Crippen MR) is 108 cm³/mol. The second kappa shape index (κ2) is 8.21. The summed E-state index contributed by atoms with van der Waals surface area (Å²) in [5.41, 5.74) is 2.96. The molecule has 1 N–H and O–H groups in total. The first-order chi connectivity index (χ1) is 13.3. The summed E-state index contributed by atoms with van der Waals surface area (Å²) in [5, 5.41) is 8.80. The zero-order chi connectivity index (χ0) is 20.1.